The van der Waals surface area contributed by atoms with Gasteiger partial charge in [-0.2, -0.15) is 0 Å². The zero-order valence-corrected chi connectivity index (χ0v) is 15.0. The van der Waals surface area contributed by atoms with Crippen LogP contribution in [0.25, 0.3) is 0 Å². The lowest BCUT2D eigenvalue weighted by Crippen LogP contribution is -2.23. The number of nitrogens with one attached hydrogen (secondary N) is 2. The Labute approximate surface area is 150 Å². The Balaban J connectivity index is 2.02. The van der Waals surface area contributed by atoms with Gasteiger partial charge in [-0.3, -0.25) is 14.9 Å². The zero-order chi connectivity index (χ0) is 19.3. The van der Waals surface area contributed by atoms with Crippen molar-refractivity contribution in [1.82, 2.24) is 4.31 Å². The van der Waals surface area contributed by atoms with E-state index in [-0.39, 0.29) is 17.1 Å². The van der Waals surface area contributed by atoms with Crippen LogP contribution in [-0.2, 0) is 14.8 Å². The number of carbonyl (C=O) groups excluding carboxylic acids is 1. The maximum Gasteiger partial charge on any atom is 0.271 e. The summed E-state index contributed by atoms with van der Waals surface area (Å²) < 4.78 is 25.3. The van der Waals surface area contributed by atoms with E-state index in [1.165, 1.54) is 50.5 Å². The van der Waals surface area contributed by atoms with Crippen LogP contribution >= 0.6 is 0 Å². The lowest BCUT2D eigenvalue weighted by molar-refractivity contribution is -0.384. The molecule has 2 rings (SSSR count). The monoisotopic (exact) mass is 378 g/mol. The molecule has 0 radical (unpaired) electrons. The molecule has 1 amide bonds. The summed E-state index contributed by atoms with van der Waals surface area (Å²) in [4.78, 5) is 22.3. The highest BCUT2D eigenvalue weighted by Gasteiger charge is 2.17. The summed E-state index contributed by atoms with van der Waals surface area (Å²) in [6.07, 6.45) is 0. The molecule has 138 valence electrons. The third-order valence-electron chi connectivity index (χ3n) is 3.41. The van der Waals surface area contributed by atoms with E-state index in [1.807, 2.05) is 0 Å². The number of nitro benzene ring substituents is 1. The number of sulfonamides is 1. The lowest BCUT2D eigenvalue weighted by Gasteiger charge is -2.13. The quantitative estimate of drug-likeness (QED) is 0.560. The predicted octanol–water partition coefficient (Wildman–Crippen LogP) is 1.90. The van der Waals surface area contributed by atoms with Crippen molar-refractivity contribution in [3.63, 3.8) is 0 Å². The molecule has 9 nitrogen and oxygen atoms in total. The van der Waals surface area contributed by atoms with E-state index in [0.717, 1.165) is 4.31 Å². The molecular weight excluding hydrogens is 360 g/mol. The number of nitro groups is 1. The fourth-order valence-electron chi connectivity index (χ4n) is 2.06. The number of nitrogens with zero attached hydrogens (tertiary/aromatic N) is 2. The highest BCUT2D eigenvalue weighted by molar-refractivity contribution is 7.89. The van der Waals surface area contributed by atoms with Gasteiger partial charge in [0, 0.05) is 37.6 Å². The van der Waals surface area contributed by atoms with E-state index in [9.17, 15) is 23.3 Å². The van der Waals surface area contributed by atoms with Gasteiger partial charge in [-0.15, -0.1) is 0 Å². The van der Waals surface area contributed by atoms with Crippen molar-refractivity contribution >= 4 is 33.0 Å². The van der Waals surface area contributed by atoms with Gasteiger partial charge in [0.2, 0.25) is 15.9 Å². The molecule has 10 heteroatoms. The second kappa shape index (κ2) is 7.93. The van der Waals surface area contributed by atoms with Crippen molar-refractivity contribution in [3.8, 4) is 0 Å². The van der Waals surface area contributed by atoms with Crippen LogP contribution < -0.4 is 10.6 Å². The Morgan fingerprint density at radius 2 is 1.77 bits per heavy atom. The summed E-state index contributed by atoms with van der Waals surface area (Å²) in [7, 11) is -0.706. The maximum absolute atomic E-state index is 12.1. The summed E-state index contributed by atoms with van der Waals surface area (Å²) in [5, 5.41) is 16.1. The second-order valence-electron chi connectivity index (χ2n) is 5.52. The number of benzene rings is 2. The number of hydrogen-bond donors (Lipinski definition) is 2. The number of amides is 1. The van der Waals surface area contributed by atoms with Crippen LogP contribution in [-0.4, -0.2) is 44.2 Å². The van der Waals surface area contributed by atoms with Gasteiger partial charge in [-0.05, 0) is 24.3 Å². The molecule has 0 aliphatic heterocycles. The molecule has 0 saturated carbocycles. The Morgan fingerprint density at radius 3 is 2.42 bits per heavy atom. The Bertz CT molecular complexity index is 928. The van der Waals surface area contributed by atoms with Crippen molar-refractivity contribution in [1.29, 1.82) is 0 Å². The molecule has 0 heterocycles. The van der Waals surface area contributed by atoms with Gasteiger partial charge < -0.3 is 10.6 Å². The topological polar surface area (TPSA) is 122 Å². The number of hydrogen-bond acceptors (Lipinski definition) is 6. The van der Waals surface area contributed by atoms with E-state index < -0.39 is 20.9 Å². The largest absolute Gasteiger partial charge is 0.376 e. The number of anilines is 2. The minimum Gasteiger partial charge on any atom is -0.376 e. The minimum absolute atomic E-state index is 0.103. The molecule has 0 spiro atoms. The first-order valence-corrected chi connectivity index (χ1v) is 8.95. The molecule has 0 aliphatic carbocycles. The molecule has 2 N–H and O–H groups in total. The normalized spacial score (nSPS) is 11.2. The number of non-ortho nitro benzene ring substituents is 1. The van der Waals surface area contributed by atoms with Gasteiger partial charge in [0.05, 0.1) is 16.4 Å². The number of carbonyl (C=O) groups is 1. The maximum atomic E-state index is 12.1. The molecular formula is C16H18N4O5S. The first-order chi connectivity index (χ1) is 12.2. The Hall–Kier alpha value is -2.98. The predicted molar refractivity (Wildman–Crippen MR) is 97.5 cm³/mol. The van der Waals surface area contributed by atoms with Crippen molar-refractivity contribution in [2.75, 3.05) is 31.3 Å². The summed E-state index contributed by atoms with van der Waals surface area (Å²) in [6.45, 7) is -0.131. The highest BCUT2D eigenvalue weighted by Crippen LogP contribution is 2.19. The molecule has 0 saturated heterocycles. The van der Waals surface area contributed by atoms with Gasteiger partial charge in [-0.1, -0.05) is 12.1 Å². The SMILES string of the molecule is CN(C)S(=O)(=O)c1cccc(NCC(=O)Nc2cccc([N+](=O)[O-])c2)c1. The Kier molecular flexibility index (Phi) is 5.90. The number of rotatable bonds is 7. The van der Waals surface area contributed by atoms with Gasteiger partial charge in [0.1, 0.15) is 0 Å². The van der Waals surface area contributed by atoms with E-state index in [0.29, 0.717) is 11.4 Å². The fraction of sp³-hybridized carbons (Fsp3) is 0.188. The van der Waals surface area contributed by atoms with Crippen LogP contribution in [0.5, 0.6) is 0 Å². The van der Waals surface area contributed by atoms with E-state index in [2.05, 4.69) is 10.6 Å². The van der Waals surface area contributed by atoms with Gasteiger partial charge in [-0.25, -0.2) is 12.7 Å². The Morgan fingerprint density at radius 1 is 1.12 bits per heavy atom. The fourth-order valence-corrected chi connectivity index (χ4v) is 3.01. The van der Waals surface area contributed by atoms with Crippen molar-refractivity contribution in [2.45, 2.75) is 4.90 Å². The van der Waals surface area contributed by atoms with E-state index in [4.69, 9.17) is 0 Å². The molecule has 0 atom stereocenters. The van der Waals surface area contributed by atoms with Crippen LogP contribution in [0.3, 0.4) is 0 Å². The molecule has 2 aromatic carbocycles. The van der Waals surface area contributed by atoms with Crippen molar-refractivity contribution in [3.05, 3.63) is 58.6 Å². The average molecular weight is 378 g/mol. The van der Waals surface area contributed by atoms with Crippen LogP contribution in [0.2, 0.25) is 0 Å². The zero-order valence-electron chi connectivity index (χ0n) is 14.2. The highest BCUT2D eigenvalue weighted by atomic mass is 32.2. The van der Waals surface area contributed by atoms with Crippen LogP contribution in [0.1, 0.15) is 0 Å². The van der Waals surface area contributed by atoms with E-state index in [1.54, 1.807) is 12.1 Å². The molecule has 0 bridgehead atoms. The third kappa shape index (κ3) is 4.77. The van der Waals surface area contributed by atoms with Crippen molar-refractivity contribution < 1.29 is 18.1 Å². The molecule has 0 fully saturated rings. The minimum atomic E-state index is -3.57. The summed E-state index contributed by atoms with van der Waals surface area (Å²) in [6, 6.07) is 11.7. The molecule has 26 heavy (non-hydrogen) atoms. The van der Waals surface area contributed by atoms with Crippen LogP contribution in [0, 0.1) is 10.1 Å². The first kappa shape index (κ1) is 19.3. The standard InChI is InChI=1S/C16H18N4O5S/c1-19(2)26(24,25)15-8-4-5-12(10-15)17-11-16(21)18-13-6-3-7-14(9-13)20(22)23/h3-10,17H,11H2,1-2H3,(H,18,21). The molecule has 0 unspecified atom stereocenters. The summed E-state index contributed by atoms with van der Waals surface area (Å²) >= 11 is 0. The van der Waals surface area contributed by atoms with Gasteiger partial charge >= 0.3 is 0 Å². The summed E-state index contributed by atoms with van der Waals surface area (Å²) in [5.41, 5.74) is 0.634. The lowest BCUT2D eigenvalue weighted by atomic mass is 10.3. The molecule has 2 aromatic rings. The van der Waals surface area contributed by atoms with Gasteiger partial charge in [0.25, 0.3) is 5.69 Å². The third-order valence-corrected chi connectivity index (χ3v) is 5.22. The second-order valence-corrected chi connectivity index (χ2v) is 7.68. The van der Waals surface area contributed by atoms with Crippen LogP contribution in [0.15, 0.2) is 53.4 Å². The summed E-state index contributed by atoms with van der Waals surface area (Å²) in [5.74, 6) is -0.425. The average Bonchev–Trinajstić information content (AvgIpc) is 2.60. The smallest absolute Gasteiger partial charge is 0.271 e. The van der Waals surface area contributed by atoms with Crippen LogP contribution in [0.4, 0.5) is 17.1 Å². The molecule has 0 aromatic heterocycles. The molecule has 0 aliphatic rings. The van der Waals surface area contributed by atoms with E-state index >= 15 is 0 Å². The van der Waals surface area contributed by atoms with Crippen molar-refractivity contribution in [2.24, 2.45) is 0 Å². The van der Waals surface area contributed by atoms with Gasteiger partial charge in [0.15, 0.2) is 0 Å². The first-order valence-electron chi connectivity index (χ1n) is 7.51.